The van der Waals surface area contributed by atoms with E-state index in [-0.39, 0.29) is 5.91 Å². The fourth-order valence-corrected chi connectivity index (χ4v) is 4.43. The lowest BCUT2D eigenvalue weighted by Gasteiger charge is -2.21. The number of nitrogens with zero attached hydrogens (tertiary/aromatic N) is 3. The van der Waals surface area contributed by atoms with Gasteiger partial charge in [-0.15, -0.1) is 0 Å². The van der Waals surface area contributed by atoms with Crippen molar-refractivity contribution in [1.29, 1.82) is 0 Å². The van der Waals surface area contributed by atoms with Gasteiger partial charge in [0.15, 0.2) is 0 Å². The number of rotatable bonds is 10. The lowest BCUT2D eigenvalue weighted by molar-refractivity contribution is 0.0830. The minimum absolute atomic E-state index is 0.0639. The maximum absolute atomic E-state index is 12.7. The highest BCUT2D eigenvalue weighted by Gasteiger charge is 2.16. The summed E-state index contributed by atoms with van der Waals surface area (Å²) in [6.45, 7) is 5.21. The Labute approximate surface area is 199 Å². The standard InChI is InChI=1S/C27H30N4O3/c32-27(22-9-10-25-24(18-22)29-26-20-33-17-15-31(25)26)28-12-5-13-30(19-23-8-4-16-34-23)14-11-21-6-2-1-3-7-21/h1-4,6-10,16,18H,5,11-15,17,19-20H2,(H,28,32). The predicted molar refractivity (Wildman–Crippen MR) is 130 cm³/mol. The molecular formula is C27H30N4O3. The van der Waals surface area contributed by atoms with E-state index in [1.165, 1.54) is 5.56 Å². The molecule has 1 aliphatic heterocycles. The monoisotopic (exact) mass is 458 g/mol. The Morgan fingerprint density at radius 3 is 2.85 bits per heavy atom. The van der Waals surface area contributed by atoms with Crippen LogP contribution < -0.4 is 5.32 Å². The molecule has 2 aromatic carbocycles. The van der Waals surface area contributed by atoms with Crippen LogP contribution in [0, 0.1) is 0 Å². The van der Waals surface area contributed by atoms with E-state index >= 15 is 0 Å². The van der Waals surface area contributed by atoms with Crippen LogP contribution in [0.3, 0.4) is 0 Å². The molecule has 5 rings (SSSR count). The van der Waals surface area contributed by atoms with Crippen LogP contribution in [0.4, 0.5) is 0 Å². The maximum Gasteiger partial charge on any atom is 0.251 e. The third kappa shape index (κ3) is 5.38. The number of carbonyl (C=O) groups excluding carboxylic acids is 1. The van der Waals surface area contributed by atoms with Crippen molar-refractivity contribution in [1.82, 2.24) is 19.8 Å². The fraction of sp³-hybridized carbons (Fsp3) is 0.333. The Balaban J connectivity index is 1.14. The first-order valence-electron chi connectivity index (χ1n) is 11.9. The van der Waals surface area contributed by atoms with Gasteiger partial charge in [-0.1, -0.05) is 30.3 Å². The number of aromatic nitrogens is 2. The Kier molecular flexibility index (Phi) is 7.02. The molecule has 0 spiro atoms. The first-order valence-corrected chi connectivity index (χ1v) is 11.9. The van der Waals surface area contributed by atoms with Crippen molar-refractivity contribution in [2.75, 3.05) is 26.2 Å². The molecule has 4 aromatic rings. The quantitative estimate of drug-likeness (QED) is 0.364. The molecule has 1 N–H and O–H groups in total. The predicted octanol–water partition coefficient (Wildman–Crippen LogP) is 4.02. The molecule has 0 atom stereocenters. The Morgan fingerprint density at radius 2 is 2.00 bits per heavy atom. The summed E-state index contributed by atoms with van der Waals surface area (Å²) >= 11 is 0. The van der Waals surface area contributed by atoms with Crippen molar-refractivity contribution in [3.05, 3.63) is 89.6 Å². The molecule has 0 fully saturated rings. The number of hydrogen-bond acceptors (Lipinski definition) is 5. The number of fused-ring (bicyclic) bond motifs is 3. The van der Waals surface area contributed by atoms with Gasteiger partial charge in [-0.05, 0) is 48.7 Å². The lowest BCUT2D eigenvalue weighted by atomic mass is 10.1. The van der Waals surface area contributed by atoms with Gasteiger partial charge in [0, 0.05) is 31.7 Å². The fourth-order valence-electron chi connectivity index (χ4n) is 4.43. The van der Waals surface area contributed by atoms with Gasteiger partial charge in [0.05, 0.1) is 30.4 Å². The van der Waals surface area contributed by atoms with E-state index in [2.05, 4.69) is 44.0 Å². The summed E-state index contributed by atoms with van der Waals surface area (Å²) in [6, 6.07) is 20.2. The van der Waals surface area contributed by atoms with Gasteiger partial charge in [0.25, 0.3) is 5.91 Å². The Bertz CT molecular complexity index is 1220. The number of hydrogen-bond donors (Lipinski definition) is 1. The average molecular weight is 459 g/mol. The third-order valence-electron chi connectivity index (χ3n) is 6.24. The highest BCUT2D eigenvalue weighted by atomic mass is 16.5. The van der Waals surface area contributed by atoms with E-state index in [1.807, 2.05) is 36.4 Å². The van der Waals surface area contributed by atoms with Crippen molar-refractivity contribution < 1.29 is 13.9 Å². The van der Waals surface area contributed by atoms with E-state index in [4.69, 9.17) is 9.15 Å². The van der Waals surface area contributed by atoms with E-state index in [0.717, 1.165) is 61.6 Å². The van der Waals surface area contributed by atoms with Gasteiger partial charge in [-0.3, -0.25) is 9.69 Å². The Morgan fingerprint density at radius 1 is 1.09 bits per heavy atom. The minimum Gasteiger partial charge on any atom is -0.468 e. The number of imidazole rings is 1. The molecule has 0 bridgehead atoms. The highest BCUT2D eigenvalue weighted by Crippen LogP contribution is 2.21. The number of benzene rings is 2. The summed E-state index contributed by atoms with van der Waals surface area (Å²) in [5, 5.41) is 3.07. The van der Waals surface area contributed by atoms with Crippen molar-refractivity contribution >= 4 is 16.9 Å². The van der Waals surface area contributed by atoms with Crippen LogP contribution in [-0.2, 0) is 30.9 Å². The SMILES string of the molecule is O=C(NCCCN(CCc1ccccc1)Cc1ccco1)c1ccc2c(c1)nc1n2CCOC1. The minimum atomic E-state index is -0.0639. The lowest BCUT2D eigenvalue weighted by Crippen LogP contribution is -2.31. The molecule has 176 valence electrons. The molecule has 7 heteroatoms. The number of furan rings is 1. The van der Waals surface area contributed by atoms with Gasteiger partial charge in [0.1, 0.15) is 18.2 Å². The molecule has 0 radical (unpaired) electrons. The summed E-state index contributed by atoms with van der Waals surface area (Å²) in [6.07, 6.45) is 3.55. The van der Waals surface area contributed by atoms with Crippen molar-refractivity contribution in [2.24, 2.45) is 0 Å². The van der Waals surface area contributed by atoms with Gasteiger partial charge in [0.2, 0.25) is 0 Å². The normalized spacial score (nSPS) is 13.3. The molecule has 0 aliphatic carbocycles. The van der Waals surface area contributed by atoms with Crippen LogP contribution in [0.2, 0.25) is 0 Å². The molecule has 7 nitrogen and oxygen atoms in total. The van der Waals surface area contributed by atoms with Crippen molar-refractivity contribution in [3.63, 3.8) is 0 Å². The first-order chi connectivity index (χ1) is 16.8. The molecule has 3 heterocycles. The summed E-state index contributed by atoms with van der Waals surface area (Å²) < 4.78 is 13.2. The summed E-state index contributed by atoms with van der Waals surface area (Å²) in [4.78, 5) is 19.8. The molecule has 1 amide bonds. The summed E-state index contributed by atoms with van der Waals surface area (Å²) in [5.74, 6) is 1.82. The van der Waals surface area contributed by atoms with E-state index in [9.17, 15) is 4.79 Å². The number of ether oxygens (including phenoxy) is 1. The van der Waals surface area contributed by atoms with Gasteiger partial charge in [-0.2, -0.15) is 0 Å². The molecule has 34 heavy (non-hydrogen) atoms. The van der Waals surface area contributed by atoms with E-state index in [0.29, 0.717) is 25.3 Å². The summed E-state index contributed by atoms with van der Waals surface area (Å²) in [7, 11) is 0. The second-order valence-corrected chi connectivity index (χ2v) is 8.64. The van der Waals surface area contributed by atoms with Gasteiger partial charge < -0.3 is 19.0 Å². The topological polar surface area (TPSA) is 72.5 Å². The van der Waals surface area contributed by atoms with Crippen molar-refractivity contribution in [2.45, 2.75) is 32.5 Å². The third-order valence-corrected chi connectivity index (χ3v) is 6.24. The Hall–Kier alpha value is -3.42. The zero-order chi connectivity index (χ0) is 23.2. The summed E-state index contributed by atoms with van der Waals surface area (Å²) in [5.41, 5.74) is 3.86. The van der Waals surface area contributed by atoms with E-state index in [1.54, 1.807) is 6.26 Å². The number of amides is 1. The first kappa shape index (κ1) is 22.4. The van der Waals surface area contributed by atoms with Crippen LogP contribution >= 0.6 is 0 Å². The van der Waals surface area contributed by atoms with E-state index < -0.39 is 0 Å². The maximum atomic E-state index is 12.7. The van der Waals surface area contributed by atoms with Crippen LogP contribution in [-0.4, -0.2) is 46.6 Å². The molecule has 0 saturated carbocycles. The highest BCUT2D eigenvalue weighted by molar-refractivity contribution is 5.97. The zero-order valence-corrected chi connectivity index (χ0v) is 19.3. The molecule has 2 aromatic heterocycles. The van der Waals surface area contributed by atoms with Gasteiger partial charge in [-0.25, -0.2) is 4.98 Å². The average Bonchev–Trinajstić information content (AvgIpc) is 3.52. The molecular weight excluding hydrogens is 428 g/mol. The number of nitrogens with one attached hydrogen (secondary N) is 1. The second-order valence-electron chi connectivity index (χ2n) is 8.64. The largest absolute Gasteiger partial charge is 0.468 e. The smallest absolute Gasteiger partial charge is 0.251 e. The van der Waals surface area contributed by atoms with Gasteiger partial charge >= 0.3 is 0 Å². The second kappa shape index (κ2) is 10.7. The van der Waals surface area contributed by atoms with Crippen molar-refractivity contribution in [3.8, 4) is 0 Å². The zero-order valence-electron chi connectivity index (χ0n) is 19.3. The van der Waals surface area contributed by atoms with Crippen LogP contribution in [0.25, 0.3) is 11.0 Å². The molecule has 0 unspecified atom stereocenters. The van der Waals surface area contributed by atoms with Crippen LogP contribution in [0.5, 0.6) is 0 Å². The molecule has 1 aliphatic rings. The number of carbonyl (C=O) groups is 1. The van der Waals surface area contributed by atoms with Crippen LogP contribution in [0.15, 0.2) is 71.3 Å². The van der Waals surface area contributed by atoms with Crippen LogP contribution in [0.1, 0.15) is 33.9 Å². The molecule has 0 saturated heterocycles.